The number of rotatable bonds is 5. The van der Waals surface area contributed by atoms with Gasteiger partial charge in [-0.2, -0.15) is 4.99 Å². The maximum Gasteiger partial charge on any atom is 0.271 e. The number of hydrogen-bond donors (Lipinski definition) is 1. The fraction of sp³-hybridized carbons (Fsp3) is 0.312. The van der Waals surface area contributed by atoms with E-state index in [9.17, 15) is 19.7 Å². The van der Waals surface area contributed by atoms with Gasteiger partial charge in [0.25, 0.3) is 17.5 Å². The van der Waals surface area contributed by atoms with E-state index in [1.807, 2.05) is 0 Å². The van der Waals surface area contributed by atoms with Gasteiger partial charge in [0.05, 0.1) is 15.5 Å². The number of nitro benzene ring substituents is 1. The predicted molar refractivity (Wildman–Crippen MR) is 98.1 cm³/mol. The second kappa shape index (κ2) is 8.24. The molecule has 0 saturated heterocycles. The first kappa shape index (κ1) is 19.8. The highest BCUT2D eigenvalue weighted by Gasteiger charge is 2.26. The molecule has 1 atom stereocenters. The lowest BCUT2D eigenvalue weighted by atomic mass is 10.0. The van der Waals surface area contributed by atoms with Crippen LogP contribution < -0.4 is 10.1 Å². The van der Waals surface area contributed by atoms with Gasteiger partial charge >= 0.3 is 0 Å². The number of thiazole rings is 1. The summed E-state index contributed by atoms with van der Waals surface area (Å²) in [5, 5.41) is 15.1. The van der Waals surface area contributed by atoms with E-state index in [0.29, 0.717) is 4.80 Å². The summed E-state index contributed by atoms with van der Waals surface area (Å²) in [6, 6.07) is 2.69. The number of amides is 2. The Hall–Kier alpha value is -2.52. The summed E-state index contributed by atoms with van der Waals surface area (Å²) < 4.78 is 1.70. The van der Waals surface area contributed by atoms with Crippen LogP contribution in [0.15, 0.2) is 34.8 Å². The van der Waals surface area contributed by atoms with E-state index in [4.69, 9.17) is 11.6 Å². The molecule has 8 nitrogen and oxygen atoms in total. The summed E-state index contributed by atoms with van der Waals surface area (Å²) in [7, 11) is 1.77. The number of aryl methyl sites for hydroxylation is 1. The van der Waals surface area contributed by atoms with Crippen LogP contribution in [0.2, 0.25) is 5.02 Å². The maximum absolute atomic E-state index is 12.5. The van der Waals surface area contributed by atoms with Gasteiger partial charge in [-0.15, -0.1) is 11.3 Å². The third-order valence-corrected chi connectivity index (χ3v) is 4.75. The largest absolute Gasteiger partial charge is 0.340 e. The van der Waals surface area contributed by atoms with Gasteiger partial charge in [-0.25, -0.2) is 0 Å². The van der Waals surface area contributed by atoms with E-state index in [1.54, 1.807) is 37.0 Å². The number of benzene rings is 1. The van der Waals surface area contributed by atoms with Gasteiger partial charge in [-0.1, -0.05) is 25.4 Å². The van der Waals surface area contributed by atoms with E-state index in [1.165, 1.54) is 23.5 Å². The zero-order chi connectivity index (χ0) is 19.4. The summed E-state index contributed by atoms with van der Waals surface area (Å²) in [5.41, 5.74) is -0.166. The van der Waals surface area contributed by atoms with Gasteiger partial charge in [0, 0.05) is 30.8 Å². The van der Waals surface area contributed by atoms with Crippen LogP contribution in [0.1, 0.15) is 24.2 Å². The molecule has 1 unspecified atom stereocenters. The van der Waals surface area contributed by atoms with Gasteiger partial charge in [0.15, 0.2) is 4.80 Å². The van der Waals surface area contributed by atoms with Gasteiger partial charge in [0.2, 0.25) is 0 Å². The van der Waals surface area contributed by atoms with Crippen LogP contribution in [0.4, 0.5) is 5.69 Å². The monoisotopic (exact) mass is 396 g/mol. The van der Waals surface area contributed by atoms with Gasteiger partial charge in [0.1, 0.15) is 6.04 Å². The van der Waals surface area contributed by atoms with Crippen molar-refractivity contribution in [1.29, 1.82) is 0 Å². The lowest BCUT2D eigenvalue weighted by Crippen LogP contribution is -2.44. The van der Waals surface area contributed by atoms with Crippen LogP contribution in [0.5, 0.6) is 0 Å². The predicted octanol–water partition coefficient (Wildman–Crippen LogP) is 2.53. The molecule has 26 heavy (non-hydrogen) atoms. The molecule has 2 aromatic rings. The molecule has 2 rings (SSSR count). The Balaban J connectivity index is 2.25. The minimum Gasteiger partial charge on any atom is -0.340 e. The normalized spacial score (nSPS) is 12.9. The molecule has 1 aromatic carbocycles. The molecule has 1 aromatic heterocycles. The molecule has 1 N–H and O–H groups in total. The molecule has 0 aliphatic heterocycles. The molecule has 0 aliphatic carbocycles. The number of nitro groups is 1. The van der Waals surface area contributed by atoms with Crippen molar-refractivity contribution in [3.8, 4) is 0 Å². The van der Waals surface area contributed by atoms with Crippen molar-refractivity contribution in [2.24, 2.45) is 18.0 Å². The first-order valence-electron chi connectivity index (χ1n) is 7.64. The molecule has 0 saturated carbocycles. The lowest BCUT2D eigenvalue weighted by molar-refractivity contribution is -0.384. The molecule has 0 spiro atoms. The third-order valence-electron chi connectivity index (χ3n) is 3.59. The van der Waals surface area contributed by atoms with Crippen molar-refractivity contribution >= 4 is 40.4 Å². The van der Waals surface area contributed by atoms with E-state index >= 15 is 0 Å². The Morgan fingerprint density at radius 1 is 1.38 bits per heavy atom. The van der Waals surface area contributed by atoms with Gasteiger partial charge < -0.3 is 9.88 Å². The Morgan fingerprint density at radius 3 is 2.58 bits per heavy atom. The number of carbonyl (C=O) groups excluding carboxylic acids is 2. The Morgan fingerprint density at radius 2 is 2.08 bits per heavy atom. The van der Waals surface area contributed by atoms with Crippen molar-refractivity contribution in [3.63, 3.8) is 0 Å². The zero-order valence-electron chi connectivity index (χ0n) is 14.3. The molecule has 1 heterocycles. The molecule has 10 heteroatoms. The average Bonchev–Trinajstić information content (AvgIpc) is 2.96. The van der Waals surface area contributed by atoms with Gasteiger partial charge in [-0.3, -0.25) is 19.7 Å². The van der Waals surface area contributed by atoms with Gasteiger partial charge in [-0.05, 0) is 12.0 Å². The van der Waals surface area contributed by atoms with Crippen LogP contribution in [0.25, 0.3) is 0 Å². The van der Waals surface area contributed by atoms with E-state index < -0.39 is 22.8 Å². The molecular formula is C16H17ClN4O4S. The summed E-state index contributed by atoms with van der Waals surface area (Å²) in [5.74, 6) is -1.29. The fourth-order valence-corrected chi connectivity index (χ4v) is 3.13. The second-order valence-corrected chi connectivity index (χ2v) is 7.14. The summed E-state index contributed by atoms with van der Waals surface area (Å²) in [6.07, 6.45) is 1.77. The Bertz CT molecular complexity index is 919. The second-order valence-electron chi connectivity index (χ2n) is 5.86. The van der Waals surface area contributed by atoms with Crippen LogP contribution in [0.3, 0.4) is 0 Å². The number of halogens is 1. The first-order valence-corrected chi connectivity index (χ1v) is 8.90. The minimum atomic E-state index is -0.851. The topological polar surface area (TPSA) is 107 Å². The highest BCUT2D eigenvalue weighted by molar-refractivity contribution is 7.07. The minimum absolute atomic E-state index is 0.0531. The maximum atomic E-state index is 12.5. The Kier molecular flexibility index (Phi) is 6.27. The summed E-state index contributed by atoms with van der Waals surface area (Å²) in [6.45, 7) is 3.56. The molecule has 0 aliphatic rings. The molecule has 138 valence electrons. The fourth-order valence-electron chi connectivity index (χ4n) is 2.13. The summed E-state index contributed by atoms with van der Waals surface area (Å²) >= 11 is 7.28. The van der Waals surface area contributed by atoms with E-state index in [-0.39, 0.29) is 22.2 Å². The van der Waals surface area contributed by atoms with Crippen molar-refractivity contribution < 1.29 is 14.5 Å². The first-order chi connectivity index (χ1) is 12.2. The quantitative estimate of drug-likeness (QED) is 0.618. The van der Waals surface area contributed by atoms with Crippen LogP contribution >= 0.6 is 22.9 Å². The van der Waals surface area contributed by atoms with Crippen LogP contribution in [-0.4, -0.2) is 27.3 Å². The molecule has 0 fully saturated rings. The molecule has 2 amide bonds. The van der Waals surface area contributed by atoms with E-state index in [2.05, 4.69) is 10.3 Å². The molecule has 0 bridgehead atoms. The SMILES string of the molecule is CC(C)C(NC(=O)c1ccc([N+](=O)[O-])cc1Cl)C(=O)N=c1sccn1C. The number of nitrogens with zero attached hydrogens (tertiary/aromatic N) is 3. The van der Waals surface area contributed by atoms with Crippen molar-refractivity contribution in [1.82, 2.24) is 9.88 Å². The smallest absolute Gasteiger partial charge is 0.271 e. The van der Waals surface area contributed by atoms with Crippen molar-refractivity contribution in [2.45, 2.75) is 19.9 Å². The molecule has 0 radical (unpaired) electrons. The number of hydrogen-bond acceptors (Lipinski definition) is 5. The van der Waals surface area contributed by atoms with Crippen LogP contribution in [0, 0.1) is 16.0 Å². The average molecular weight is 397 g/mol. The third kappa shape index (κ3) is 4.55. The molecular weight excluding hydrogens is 380 g/mol. The lowest BCUT2D eigenvalue weighted by Gasteiger charge is -2.19. The van der Waals surface area contributed by atoms with Crippen molar-refractivity contribution in [3.05, 3.63) is 55.3 Å². The number of carbonyl (C=O) groups is 2. The Labute approximate surface area is 158 Å². The number of non-ortho nitro benzene ring substituents is 1. The zero-order valence-corrected chi connectivity index (χ0v) is 15.9. The standard InChI is InChI=1S/C16H17ClN4O4S/c1-9(2)13(15(23)19-16-20(3)6-7-26-16)18-14(22)11-5-4-10(21(24)25)8-12(11)17/h4-9,13H,1-3H3,(H,18,22). The number of aromatic nitrogens is 1. The van der Waals surface area contributed by atoms with Crippen LogP contribution in [-0.2, 0) is 11.8 Å². The number of nitrogens with one attached hydrogen (secondary N) is 1. The highest BCUT2D eigenvalue weighted by Crippen LogP contribution is 2.22. The van der Waals surface area contributed by atoms with E-state index in [0.717, 1.165) is 6.07 Å². The highest BCUT2D eigenvalue weighted by atomic mass is 35.5. The summed E-state index contributed by atoms with van der Waals surface area (Å²) in [4.78, 5) is 39.7. The van der Waals surface area contributed by atoms with Crippen molar-refractivity contribution in [2.75, 3.05) is 0 Å².